The fraction of sp³-hybridized carbons (Fsp3) is 0.368. The van der Waals surface area contributed by atoms with Gasteiger partial charge < -0.3 is 19.8 Å². The van der Waals surface area contributed by atoms with Gasteiger partial charge in [-0.2, -0.15) is 0 Å². The Morgan fingerprint density at radius 3 is 2.77 bits per heavy atom. The third-order valence-electron chi connectivity index (χ3n) is 4.20. The van der Waals surface area contributed by atoms with E-state index in [1.807, 2.05) is 24.3 Å². The van der Waals surface area contributed by atoms with E-state index >= 15 is 0 Å². The molecule has 140 valence electrons. The van der Waals surface area contributed by atoms with Gasteiger partial charge in [-0.25, -0.2) is 4.98 Å². The number of imidazole rings is 1. The first-order valence-corrected chi connectivity index (χ1v) is 8.70. The molecule has 1 aromatic carbocycles. The number of rotatable bonds is 6. The van der Waals surface area contributed by atoms with Crippen LogP contribution in [-0.4, -0.2) is 45.5 Å². The molecule has 0 unspecified atom stereocenters. The third kappa shape index (κ3) is 5.00. The maximum atomic E-state index is 4.75. The Bertz CT molecular complexity index is 817. The lowest BCUT2D eigenvalue weighted by Crippen LogP contribution is -2.39. The topological polar surface area (TPSA) is 61.2 Å². The Hall–Kier alpha value is -2.03. The number of benzene rings is 1. The van der Waals surface area contributed by atoms with E-state index in [9.17, 15) is 0 Å². The predicted molar refractivity (Wildman–Crippen MR) is 118 cm³/mol. The summed E-state index contributed by atoms with van der Waals surface area (Å²) in [5.74, 6) is 1.89. The van der Waals surface area contributed by atoms with E-state index in [4.69, 9.17) is 4.99 Å². The highest BCUT2D eigenvalue weighted by Gasteiger charge is 2.08. The maximum absolute atomic E-state index is 4.75. The number of aliphatic imine (C=N–C) groups is 1. The first kappa shape index (κ1) is 20.3. The Labute approximate surface area is 171 Å². The lowest BCUT2D eigenvalue weighted by Gasteiger charge is -2.22. The summed E-state index contributed by atoms with van der Waals surface area (Å²) < 4.78 is 2.13. The summed E-state index contributed by atoms with van der Waals surface area (Å²) in [6.07, 6.45) is 2.86. The highest BCUT2D eigenvalue weighted by Crippen LogP contribution is 2.10. The molecule has 0 bridgehead atoms. The van der Waals surface area contributed by atoms with E-state index in [0.29, 0.717) is 6.54 Å². The number of aromatic nitrogens is 3. The summed E-state index contributed by atoms with van der Waals surface area (Å²) in [5, 5.41) is 3.36. The van der Waals surface area contributed by atoms with Gasteiger partial charge in [-0.1, -0.05) is 12.1 Å². The number of nitrogens with zero attached hydrogens (tertiary/aromatic N) is 4. The zero-order chi connectivity index (χ0) is 17.6. The van der Waals surface area contributed by atoms with E-state index in [1.165, 1.54) is 5.69 Å². The zero-order valence-corrected chi connectivity index (χ0v) is 17.9. The number of aryl methyl sites for hydroxylation is 1. The smallest absolute Gasteiger partial charge is 0.194 e. The molecule has 2 heterocycles. The van der Waals surface area contributed by atoms with Gasteiger partial charge in [-0.15, -0.1) is 24.0 Å². The minimum absolute atomic E-state index is 0. The molecule has 7 heteroatoms. The van der Waals surface area contributed by atoms with Crippen LogP contribution in [0.15, 0.2) is 47.6 Å². The number of para-hydroxylation sites is 2. The Balaban J connectivity index is 0.00000243. The molecule has 0 aliphatic rings. The van der Waals surface area contributed by atoms with Crippen LogP contribution in [0.1, 0.15) is 18.4 Å². The van der Waals surface area contributed by atoms with Crippen LogP contribution in [0, 0.1) is 0 Å². The zero-order valence-electron chi connectivity index (χ0n) is 15.6. The largest absolute Gasteiger partial charge is 0.357 e. The molecule has 0 aliphatic carbocycles. The van der Waals surface area contributed by atoms with Crippen LogP contribution in [0.4, 0.5) is 0 Å². The Kier molecular flexibility index (Phi) is 7.50. The molecule has 0 aliphatic heterocycles. The molecule has 0 spiro atoms. The molecule has 3 rings (SSSR count). The van der Waals surface area contributed by atoms with Crippen LogP contribution >= 0.6 is 24.0 Å². The van der Waals surface area contributed by atoms with Crippen molar-refractivity contribution >= 4 is 41.0 Å². The van der Waals surface area contributed by atoms with Crippen LogP contribution in [-0.2, 0) is 20.0 Å². The Morgan fingerprint density at radius 2 is 2.08 bits per heavy atom. The van der Waals surface area contributed by atoms with Gasteiger partial charge in [-0.05, 0) is 31.2 Å². The fourth-order valence-electron chi connectivity index (χ4n) is 2.84. The van der Waals surface area contributed by atoms with Gasteiger partial charge in [0.1, 0.15) is 5.82 Å². The molecule has 0 saturated heterocycles. The van der Waals surface area contributed by atoms with Gasteiger partial charge in [0.2, 0.25) is 0 Å². The minimum atomic E-state index is 0. The van der Waals surface area contributed by atoms with Crippen molar-refractivity contribution in [1.82, 2.24) is 24.8 Å². The van der Waals surface area contributed by atoms with E-state index in [2.05, 4.69) is 64.1 Å². The van der Waals surface area contributed by atoms with E-state index in [1.54, 1.807) is 0 Å². The van der Waals surface area contributed by atoms with Crippen molar-refractivity contribution in [1.29, 1.82) is 0 Å². The molecule has 0 saturated carbocycles. The minimum Gasteiger partial charge on any atom is -0.357 e. The van der Waals surface area contributed by atoms with E-state index in [-0.39, 0.29) is 24.0 Å². The van der Waals surface area contributed by atoms with Crippen molar-refractivity contribution in [3.05, 3.63) is 54.1 Å². The average molecular weight is 466 g/mol. The molecular formula is C19H27IN6. The molecule has 0 amide bonds. The molecule has 3 aromatic rings. The van der Waals surface area contributed by atoms with Gasteiger partial charge >= 0.3 is 0 Å². The number of H-pyrrole nitrogens is 1. The summed E-state index contributed by atoms with van der Waals surface area (Å²) in [7, 11) is 4.13. The fourth-order valence-corrected chi connectivity index (χ4v) is 2.84. The monoisotopic (exact) mass is 466 g/mol. The number of halogens is 1. The molecular weight excluding hydrogens is 439 g/mol. The number of hydrogen-bond donors (Lipinski definition) is 2. The van der Waals surface area contributed by atoms with Gasteiger partial charge in [0, 0.05) is 45.5 Å². The van der Waals surface area contributed by atoms with Gasteiger partial charge in [0.05, 0.1) is 17.6 Å². The van der Waals surface area contributed by atoms with Crippen LogP contribution < -0.4 is 5.32 Å². The normalized spacial score (nSPS) is 11.4. The molecule has 26 heavy (non-hydrogen) atoms. The number of aromatic amines is 1. The van der Waals surface area contributed by atoms with E-state index in [0.717, 1.165) is 42.3 Å². The Morgan fingerprint density at radius 1 is 1.27 bits per heavy atom. The third-order valence-corrected chi connectivity index (χ3v) is 4.20. The molecule has 0 radical (unpaired) electrons. The molecule has 0 fully saturated rings. The second-order valence-corrected chi connectivity index (χ2v) is 6.15. The summed E-state index contributed by atoms with van der Waals surface area (Å²) >= 11 is 0. The SMILES string of the molecule is CCNC(=NCCc1nc2ccccc2[nH]1)N(C)Cc1cccn1C.I. The number of hydrogen-bond acceptors (Lipinski definition) is 2. The van der Waals surface area contributed by atoms with E-state index < -0.39 is 0 Å². The number of guanidine groups is 1. The number of fused-ring (bicyclic) bond motifs is 1. The lowest BCUT2D eigenvalue weighted by atomic mass is 10.3. The van der Waals surface area contributed by atoms with Crippen LogP contribution in [0.25, 0.3) is 11.0 Å². The van der Waals surface area contributed by atoms with Gasteiger partial charge in [0.15, 0.2) is 5.96 Å². The summed E-state index contributed by atoms with van der Waals surface area (Å²) in [6.45, 7) is 4.45. The number of nitrogens with one attached hydrogen (secondary N) is 2. The first-order chi connectivity index (χ1) is 12.2. The lowest BCUT2D eigenvalue weighted by molar-refractivity contribution is 0.462. The summed E-state index contributed by atoms with van der Waals surface area (Å²) in [5.41, 5.74) is 3.34. The highest BCUT2D eigenvalue weighted by molar-refractivity contribution is 14.0. The van der Waals surface area contributed by atoms with Crippen molar-refractivity contribution in [3.63, 3.8) is 0 Å². The highest BCUT2D eigenvalue weighted by atomic mass is 127. The second-order valence-electron chi connectivity index (χ2n) is 6.15. The van der Waals surface area contributed by atoms with Crippen molar-refractivity contribution in [3.8, 4) is 0 Å². The maximum Gasteiger partial charge on any atom is 0.194 e. The summed E-state index contributed by atoms with van der Waals surface area (Å²) in [4.78, 5) is 14.9. The average Bonchev–Trinajstić information content (AvgIpc) is 3.20. The van der Waals surface area contributed by atoms with Crippen molar-refractivity contribution in [2.24, 2.45) is 12.0 Å². The van der Waals surface area contributed by atoms with Crippen LogP contribution in [0.5, 0.6) is 0 Å². The van der Waals surface area contributed by atoms with Gasteiger partial charge in [0.25, 0.3) is 0 Å². The van der Waals surface area contributed by atoms with Crippen LogP contribution in [0.2, 0.25) is 0 Å². The first-order valence-electron chi connectivity index (χ1n) is 8.70. The molecule has 2 aromatic heterocycles. The standard InChI is InChI=1S/C19H26N6.HI/c1-4-20-19(25(3)14-15-8-7-13-24(15)2)21-12-11-18-22-16-9-5-6-10-17(16)23-18;/h5-10,13H,4,11-12,14H2,1-3H3,(H,20,21)(H,22,23);1H. The van der Waals surface area contributed by atoms with Gasteiger partial charge in [-0.3, -0.25) is 4.99 Å². The summed E-state index contributed by atoms with van der Waals surface area (Å²) in [6, 6.07) is 12.3. The predicted octanol–water partition coefficient (Wildman–Crippen LogP) is 3.16. The quantitative estimate of drug-likeness (QED) is 0.334. The van der Waals surface area contributed by atoms with Crippen molar-refractivity contribution < 1.29 is 0 Å². The second kappa shape index (κ2) is 9.61. The van der Waals surface area contributed by atoms with Crippen molar-refractivity contribution in [2.45, 2.75) is 19.9 Å². The van der Waals surface area contributed by atoms with Crippen LogP contribution in [0.3, 0.4) is 0 Å². The molecule has 6 nitrogen and oxygen atoms in total. The molecule has 2 N–H and O–H groups in total. The molecule has 0 atom stereocenters. The van der Waals surface area contributed by atoms with Crippen molar-refractivity contribution in [2.75, 3.05) is 20.1 Å².